The van der Waals surface area contributed by atoms with Gasteiger partial charge in [-0.05, 0) is 55.5 Å². The van der Waals surface area contributed by atoms with Gasteiger partial charge in [-0.2, -0.15) is 0 Å². The molecule has 37 heavy (non-hydrogen) atoms. The third-order valence-electron chi connectivity index (χ3n) is 7.43. The molecule has 0 spiro atoms. The molecular weight excluding hydrogens is 522 g/mol. The van der Waals surface area contributed by atoms with Gasteiger partial charge in [0.05, 0.1) is 29.7 Å². The van der Waals surface area contributed by atoms with Crippen LogP contribution in [0.2, 0.25) is 5.02 Å². The second kappa shape index (κ2) is 9.01. The normalized spacial score (nSPS) is 22.2. The van der Waals surface area contributed by atoms with Gasteiger partial charge in [0.1, 0.15) is 10.8 Å². The lowest BCUT2D eigenvalue weighted by atomic mass is 9.89. The van der Waals surface area contributed by atoms with Crippen molar-refractivity contribution in [1.29, 1.82) is 0 Å². The maximum atomic E-state index is 13.5. The van der Waals surface area contributed by atoms with Gasteiger partial charge in [0.2, 0.25) is 0 Å². The number of hydrogen-bond acceptors (Lipinski definition) is 7. The van der Waals surface area contributed by atoms with Crippen molar-refractivity contribution in [2.45, 2.75) is 56.5 Å². The zero-order valence-electron chi connectivity index (χ0n) is 20.0. The van der Waals surface area contributed by atoms with E-state index in [0.29, 0.717) is 41.4 Å². The van der Waals surface area contributed by atoms with Gasteiger partial charge in [0, 0.05) is 24.4 Å². The predicted molar refractivity (Wildman–Crippen MR) is 137 cm³/mol. The maximum absolute atomic E-state index is 13.5. The summed E-state index contributed by atoms with van der Waals surface area (Å²) in [4.78, 5) is 21.5. The minimum absolute atomic E-state index is 0. The number of fused-ring (bicyclic) bond motifs is 1. The first-order chi connectivity index (χ1) is 17.6. The number of halogens is 3. The molecule has 0 unspecified atom stereocenters. The first kappa shape index (κ1) is 24.7. The molecule has 1 saturated carbocycles. The number of aromatic nitrogens is 1. The molecule has 6 rings (SSSR count). The maximum Gasteiger partial charge on any atom is 0.586 e. The number of β-amino-alcohol motifs (C(OH)–C–C–N with tert-alkyl or cyclic N) is 1. The van der Waals surface area contributed by atoms with Crippen LogP contribution in [-0.4, -0.2) is 46.3 Å². The van der Waals surface area contributed by atoms with Crippen molar-refractivity contribution in [3.05, 3.63) is 74.2 Å². The van der Waals surface area contributed by atoms with E-state index in [4.69, 9.17) is 16.6 Å². The summed E-state index contributed by atoms with van der Waals surface area (Å²) < 4.78 is 36.0. The molecule has 3 aliphatic rings. The van der Waals surface area contributed by atoms with Crippen LogP contribution < -0.4 is 9.47 Å². The molecule has 10 heteroatoms. The number of benzene rings is 2. The number of Topliss-reactive ketones (excluding diaryl/α,β-unsaturated/α-hetero) is 1. The summed E-state index contributed by atoms with van der Waals surface area (Å²) in [6, 6.07) is 12.1. The number of hydrogen-bond donors (Lipinski definition) is 1. The molecule has 1 aromatic heterocycles. The fraction of sp³-hybridized carbons (Fsp3) is 0.407. The van der Waals surface area contributed by atoms with Crippen molar-refractivity contribution in [2.24, 2.45) is 0 Å². The van der Waals surface area contributed by atoms with E-state index in [9.17, 15) is 18.7 Å². The average Bonchev–Trinajstić information content (AvgIpc) is 3.29. The van der Waals surface area contributed by atoms with E-state index in [1.54, 1.807) is 6.07 Å². The van der Waals surface area contributed by atoms with Gasteiger partial charge in [-0.25, -0.2) is 4.98 Å². The number of ether oxygens (including phenoxy) is 2. The Morgan fingerprint density at radius 3 is 2.73 bits per heavy atom. The largest absolute Gasteiger partial charge is 0.586 e. The highest BCUT2D eigenvalue weighted by Gasteiger charge is 2.52. The molecule has 196 valence electrons. The first-order valence-corrected chi connectivity index (χ1v) is 13.4. The summed E-state index contributed by atoms with van der Waals surface area (Å²) >= 11 is 8.08. The molecule has 1 aliphatic carbocycles. The number of rotatable bonds is 7. The number of nitrogens with zero attached hydrogens (tertiary/aromatic N) is 2. The Balaban J connectivity index is 0.00000294. The Bertz CT molecular complexity index is 1380. The van der Waals surface area contributed by atoms with Gasteiger partial charge in [0.25, 0.3) is 0 Å². The Hall–Kier alpha value is -2.59. The van der Waals surface area contributed by atoms with Crippen molar-refractivity contribution >= 4 is 28.7 Å². The minimum atomic E-state index is -3.69. The van der Waals surface area contributed by atoms with Crippen LogP contribution in [0.3, 0.4) is 0 Å². The standard InChI is InChI=1S/C27H25ClF2N2O4S.H2/c1-15-25(24(32-11-8-17(33)14-32)18-4-2-3-5-19(18)28)37-23(31-15)13-22(34)26(9-10-26)16-6-7-20-21(12-16)36-27(29,30)35-20;/h2-7,12,17,24,33H,8-11,13-14H2,1H3;1H/t17-,24-;/m0./s1. The molecule has 3 heterocycles. The highest BCUT2D eigenvalue weighted by atomic mass is 35.5. The average molecular weight is 549 g/mol. The van der Waals surface area contributed by atoms with Crippen molar-refractivity contribution in [3.8, 4) is 11.5 Å². The summed E-state index contributed by atoms with van der Waals surface area (Å²) in [5, 5.41) is 11.6. The molecule has 2 fully saturated rings. The number of aliphatic hydroxyl groups excluding tert-OH is 1. The molecular formula is C27H27ClF2N2O4S. The van der Waals surface area contributed by atoms with E-state index < -0.39 is 17.8 Å². The Morgan fingerprint density at radius 2 is 2.03 bits per heavy atom. The Morgan fingerprint density at radius 1 is 1.27 bits per heavy atom. The lowest BCUT2D eigenvalue weighted by Gasteiger charge is -2.28. The molecule has 0 amide bonds. The molecule has 2 aliphatic heterocycles. The van der Waals surface area contributed by atoms with Crippen LogP contribution in [0.4, 0.5) is 8.78 Å². The van der Waals surface area contributed by atoms with Crippen molar-refractivity contribution < 1.29 is 29.6 Å². The first-order valence-electron chi connectivity index (χ1n) is 12.2. The number of carbonyl (C=O) groups excluding carboxylic acids is 1. The zero-order chi connectivity index (χ0) is 25.9. The van der Waals surface area contributed by atoms with Gasteiger partial charge in [-0.3, -0.25) is 9.69 Å². The highest BCUT2D eigenvalue weighted by Crippen LogP contribution is 2.53. The summed E-state index contributed by atoms with van der Waals surface area (Å²) in [5.74, 6) is -0.0801. The zero-order valence-corrected chi connectivity index (χ0v) is 21.6. The fourth-order valence-electron chi connectivity index (χ4n) is 5.40. The van der Waals surface area contributed by atoms with Crippen LogP contribution in [0.1, 0.15) is 53.4 Å². The van der Waals surface area contributed by atoms with Gasteiger partial charge >= 0.3 is 6.29 Å². The van der Waals surface area contributed by atoms with Crippen LogP contribution >= 0.6 is 22.9 Å². The van der Waals surface area contributed by atoms with E-state index in [-0.39, 0.29) is 31.2 Å². The number of alkyl halides is 2. The van der Waals surface area contributed by atoms with Crippen molar-refractivity contribution in [2.75, 3.05) is 13.1 Å². The van der Waals surface area contributed by atoms with Crippen LogP contribution in [0, 0.1) is 6.92 Å². The SMILES string of the molecule is Cc1nc(CC(=O)C2(c3ccc4c(c3)OC(F)(F)O4)CC2)sc1[C@H](c1ccccc1Cl)N1CC[C@H](O)C1.[HH]. The second-order valence-electron chi connectivity index (χ2n) is 9.93. The third kappa shape index (κ3) is 4.52. The number of carbonyl (C=O) groups is 1. The number of aryl methyl sites for hydroxylation is 1. The monoisotopic (exact) mass is 548 g/mol. The molecule has 1 N–H and O–H groups in total. The molecule has 0 bridgehead atoms. The quantitative estimate of drug-likeness (QED) is 0.410. The molecule has 2 aromatic carbocycles. The van der Waals surface area contributed by atoms with E-state index in [1.807, 2.05) is 31.2 Å². The van der Waals surface area contributed by atoms with E-state index in [0.717, 1.165) is 22.7 Å². The minimum Gasteiger partial charge on any atom is -0.395 e. The van der Waals surface area contributed by atoms with Gasteiger partial charge in [-0.1, -0.05) is 35.9 Å². The number of aliphatic hydroxyl groups is 1. The van der Waals surface area contributed by atoms with Gasteiger partial charge < -0.3 is 14.6 Å². The summed E-state index contributed by atoms with van der Waals surface area (Å²) in [7, 11) is 0. The summed E-state index contributed by atoms with van der Waals surface area (Å²) in [6.07, 6.45) is -1.96. The van der Waals surface area contributed by atoms with Crippen LogP contribution in [0.5, 0.6) is 11.5 Å². The molecule has 3 aromatic rings. The lowest BCUT2D eigenvalue weighted by molar-refractivity contribution is -0.286. The fourth-order valence-corrected chi connectivity index (χ4v) is 6.86. The van der Waals surface area contributed by atoms with Crippen LogP contribution in [0.25, 0.3) is 0 Å². The number of thiazole rings is 1. The molecule has 6 nitrogen and oxygen atoms in total. The molecule has 2 atom stereocenters. The smallest absolute Gasteiger partial charge is 0.395 e. The van der Waals surface area contributed by atoms with E-state index in [2.05, 4.69) is 14.4 Å². The highest BCUT2D eigenvalue weighted by molar-refractivity contribution is 7.12. The van der Waals surface area contributed by atoms with Gasteiger partial charge in [-0.15, -0.1) is 20.1 Å². The van der Waals surface area contributed by atoms with Gasteiger partial charge in [0.15, 0.2) is 11.5 Å². The number of likely N-dealkylation sites (tertiary alicyclic amines) is 1. The molecule has 1 saturated heterocycles. The van der Waals surface area contributed by atoms with Crippen LogP contribution in [0.15, 0.2) is 42.5 Å². The topological polar surface area (TPSA) is 71.9 Å². The Labute approximate surface area is 223 Å². The number of ketones is 1. The molecule has 0 radical (unpaired) electrons. The predicted octanol–water partition coefficient (Wildman–Crippen LogP) is 5.67. The summed E-state index contributed by atoms with van der Waals surface area (Å²) in [5.41, 5.74) is 1.70. The van der Waals surface area contributed by atoms with E-state index in [1.165, 1.54) is 23.5 Å². The summed E-state index contributed by atoms with van der Waals surface area (Å²) in [6.45, 7) is 3.20. The van der Waals surface area contributed by atoms with Crippen molar-refractivity contribution in [3.63, 3.8) is 0 Å². The lowest BCUT2D eigenvalue weighted by Crippen LogP contribution is -2.28. The van der Waals surface area contributed by atoms with Crippen LogP contribution in [-0.2, 0) is 16.6 Å². The Kier molecular flexibility index (Phi) is 6.02. The second-order valence-corrected chi connectivity index (χ2v) is 11.5. The van der Waals surface area contributed by atoms with Crippen molar-refractivity contribution in [1.82, 2.24) is 9.88 Å². The third-order valence-corrected chi connectivity index (χ3v) is 8.99. The van der Waals surface area contributed by atoms with E-state index >= 15 is 0 Å².